The number of aryl methyl sites for hydroxylation is 1. The molecule has 0 atom stereocenters. The average Bonchev–Trinajstić information content (AvgIpc) is 2.87. The number of thiophene rings is 1. The first-order chi connectivity index (χ1) is 10.1. The van der Waals surface area contributed by atoms with Gasteiger partial charge in [-0.05, 0) is 53.0 Å². The molecule has 0 saturated heterocycles. The lowest BCUT2D eigenvalue weighted by molar-refractivity contribution is -0.116. The molecule has 0 bridgehead atoms. The Morgan fingerprint density at radius 2 is 2.19 bits per heavy atom. The maximum Gasteiger partial charge on any atom is 0.224 e. The van der Waals surface area contributed by atoms with Gasteiger partial charge in [0.15, 0.2) is 0 Å². The number of hydrogen-bond acceptors (Lipinski definition) is 4. The van der Waals surface area contributed by atoms with E-state index < -0.39 is 0 Å². The van der Waals surface area contributed by atoms with E-state index in [4.69, 9.17) is 10.5 Å². The predicted molar refractivity (Wildman–Crippen MR) is 91.0 cm³/mol. The first-order valence-electron chi connectivity index (χ1n) is 6.56. The molecule has 0 radical (unpaired) electrons. The molecular formula is C15H17BrN2O2S. The van der Waals surface area contributed by atoms with Crippen LogP contribution in [0.4, 0.5) is 11.4 Å². The van der Waals surface area contributed by atoms with Crippen LogP contribution in [0, 0.1) is 0 Å². The smallest absolute Gasteiger partial charge is 0.224 e. The van der Waals surface area contributed by atoms with Crippen LogP contribution in [0.1, 0.15) is 17.7 Å². The van der Waals surface area contributed by atoms with E-state index in [1.807, 2.05) is 6.07 Å². The Hall–Kier alpha value is -1.53. The third kappa shape index (κ3) is 4.75. The molecule has 0 unspecified atom stereocenters. The summed E-state index contributed by atoms with van der Waals surface area (Å²) >= 11 is 5.13. The number of rotatable bonds is 6. The number of methoxy groups -OCH3 is 1. The van der Waals surface area contributed by atoms with E-state index in [0.29, 0.717) is 23.5 Å². The van der Waals surface area contributed by atoms with Crippen molar-refractivity contribution in [3.63, 3.8) is 0 Å². The van der Waals surface area contributed by atoms with E-state index in [1.165, 1.54) is 4.88 Å². The second-order valence-electron chi connectivity index (χ2n) is 4.56. The molecule has 2 aromatic rings. The van der Waals surface area contributed by atoms with E-state index in [1.54, 1.807) is 36.6 Å². The van der Waals surface area contributed by atoms with Crippen LogP contribution in [0.15, 0.2) is 34.1 Å². The van der Waals surface area contributed by atoms with Crippen LogP contribution in [0.2, 0.25) is 0 Å². The second kappa shape index (κ2) is 7.47. The van der Waals surface area contributed by atoms with Crippen LogP contribution >= 0.6 is 27.3 Å². The third-order valence-corrected chi connectivity index (χ3v) is 4.67. The highest BCUT2D eigenvalue weighted by Gasteiger charge is 2.07. The van der Waals surface area contributed by atoms with Crippen LogP contribution in [0.25, 0.3) is 0 Å². The Balaban J connectivity index is 1.84. The van der Waals surface area contributed by atoms with Crippen LogP contribution in [-0.2, 0) is 11.2 Å². The molecule has 112 valence electrons. The highest BCUT2D eigenvalue weighted by atomic mass is 79.9. The fourth-order valence-corrected chi connectivity index (χ4v) is 3.42. The molecule has 6 heteroatoms. The Bertz CT molecular complexity index is 628. The lowest BCUT2D eigenvalue weighted by Crippen LogP contribution is -2.12. The van der Waals surface area contributed by atoms with E-state index in [2.05, 4.69) is 27.3 Å². The number of carbonyl (C=O) groups excluding carboxylic acids is 1. The number of ether oxygens (including phenoxy) is 1. The maximum absolute atomic E-state index is 11.9. The molecule has 21 heavy (non-hydrogen) atoms. The first-order valence-corrected chi connectivity index (χ1v) is 8.17. The minimum Gasteiger partial charge on any atom is -0.497 e. The summed E-state index contributed by atoms with van der Waals surface area (Å²) in [5, 5.41) is 2.83. The maximum atomic E-state index is 11.9. The van der Waals surface area contributed by atoms with Gasteiger partial charge < -0.3 is 15.8 Å². The number of nitrogen functional groups attached to an aromatic ring is 1. The predicted octanol–water partition coefficient (Wildman–Crippen LogP) is 4.06. The van der Waals surface area contributed by atoms with Gasteiger partial charge in [-0.3, -0.25) is 4.79 Å². The molecule has 1 aromatic heterocycles. The summed E-state index contributed by atoms with van der Waals surface area (Å²) in [6.07, 6.45) is 2.17. The molecule has 2 rings (SSSR count). The minimum absolute atomic E-state index is 0.0365. The van der Waals surface area contributed by atoms with Gasteiger partial charge in [-0.1, -0.05) is 0 Å². The van der Waals surface area contributed by atoms with Crippen LogP contribution in [0.5, 0.6) is 5.75 Å². The second-order valence-corrected chi connectivity index (χ2v) is 7.11. The number of halogens is 1. The molecule has 0 spiro atoms. The van der Waals surface area contributed by atoms with Crippen molar-refractivity contribution >= 4 is 44.5 Å². The summed E-state index contributed by atoms with van der Waals surface area (Å²) < 4.78 is 6.24. The third-order valence-electron chi connectivity index (χ3n) is 2.99. The molecule has 1 heterocycles. The van der Waals surface area contributed by atoms with Crippen molar-refractivity contribution in [1.82, 2.24) is 0 Å². The van der Waals surface area contributed by atoms with Gasteiger partial charge in [0.05, 0.1) is 22.3 Å². The summed E-state index contributed by atoms with van der Waals surface area (Å²) in [6, 6.07) is 9.31. The molecule has 0 saturated carbocycles. The van der Waals surface area contributed by atoms with Gasteiger partial charge in [-0.2, -0.15) is 0 Å². The Morgan fingerprint density at radius 3 is 2.86 bits per heavy atom. The molecule has 0 aliphatic rings. The molecule has 0 aliphatic carbocycles. The quantitative estimate of drug-likeness (QED) is 0.755. The molecule has 0 fully saturated rings. The fraction of sp³-hybridized carbons (Fsp3) is 0.267. The number of hydrogen-bond donors (Lipinski definition) is 2. The number of carbonyl (C=O) groups is 1. The zero-order valence-electron chi connectivity index (χ0n) is 11.7. The van der Waals surface area contributed by atoms with E-state index in [0.717, 1.165) is 16.6 Å². The number of nitrogens with one attached hydrogen (secondary N) is 1. The molecule has 3 N–H and O–H groups in total. The van der Waals surface area contributed by atoms with Crippen molar-refractivity contribution in [3.8, 4) is 5.75 Å². The minimum atomic E-state index is -0.0365. The number of nitrogens with two attached hydrogens (primary N) is 1. The zero-order chi connectivity index (χ0) is 15.2. The van der Waals surface area contributed by atoms with Crippen molar-refractivity contribution in [2.24, 2.45) is 0 Å². The topological polar surface area (TPSA) is 64.3 Å². The largest absolute Gasteiger partial charge is 0.497 e. The molecule has 4 nitrogen and oxygen atoms in total. The summed E-state index contributed by atoms with van der Waals surface area (Å²) in [7, 11) is 1.58. The van der Waals surface area contributed by atoms with E-state index in [9.17, 15) is 4.79 Å². The molecular weight excluding hydrogens is 352 g/mol. The Kier molecular flexibility index (Phi) is 5.64. The first kappa shape index (κ1) is 15.9. The van der Waals surface area contributed by atoms with Gasteiger partial charge in [0.2, 0.25) is 5.91 Å². The zero-order valence-corrected chi connectivity index (χ0v) is 14.1. The van der Waals surface area contributed by atoms with Gasteiger partial charge in [0, 0.05) is 17.4 Å². The lowest BCUT2D eigenvalue weighted by atomic mass is 10.2. The van der Waals surface area contributed by atoms with Crippen molar-refractivity contribution in [2.75, 3.05) is 18.2 Å². The summed E-state index contributed by atoms with van der Waals surface area (Å²) in [4.78, 5) is 13.2. The summed E-state index contributed by atoms with van der Waals surface area (Å²) in [5.74, 6) is 0.633. The number of amides is 1. The van der Waals surface area contributed by atoms with Gasteiger partial charge in [0.1, 0.15) is 5.75 Å². The molecule has 1 aromatic carbocycles. The summed E-state index contributed by atoms with van der Waals surface area (Å²) in [5.41, 5.74) is 6.97. The van der Waals surface area contributed by atoms with Crippen molar-refractivity contribution in [3.05, 3.63) is 39.0 Å². The summed E-state index contributed by atoms with van der Waals surface area (Å²) in [6.45, 7) is 0. The highest BCUT2D eigenvalue weighted by molar-refractivity contribution is 9.11. The SMILES string of the molecule is COc1ccc(N)c(NC(=O)CCCc2ccc(Br)s2)c1. The Labute approximate surface area is 136 Å². The van der Waals surface area contributed by atoms with Gasteiger partial charge >= 0.3 is 0 Å². The van der Waals surface area contributed by atoms with Crippen molar-refractivity contribution in [2.45, 2.75) is 19.3 Å². The number of benzene rings is 1. The van der Waals surface area contributed by atoms with Crippen LogP contribution < -0.4 is 15.8 Å². The fourth-order valence-electron chi connectivity index (χ4n) is 1.89. The molecule has 0 aliphatic heterocycles. The van der Waals surface area contributed by atoms with Gasteiger partial charge in [-0.25, -0.2) is 0 Å². The average molecular weight is 369 g/mol. The Morgan fingerprint density at radius 1 is 1.38 bits per heavy atom. The standard InChI is InChI=1S/C15H17BrN2O2S/c1-20-10-5-7-12(17)13(9-10)18-15(19)4-2-3-11-6-8-14(16)21-11/h5-9H,2-4,17H2,1H3,(H,18,19). The lowest BCUT2D eigenvalue weighted by Gasteiger charge is -2.09. The normalized spacial score (nSPS) is 10.4. The van der Waals surface area contributed by atoms with Gasteiger partial charge in [0.25, 0.3) is 0 Å². The van der Waals surface area contributed by atoms with E-state index >= 15 is 0 Å². The van der Waals surface area contributed by atoms with Gasteiger partial charge in [-0.15, -0.1) is 11.3 Å². The van der Waals surface area contributed by atoms with Crippen LogP contribution in [0.3, 0.4) is 0 Å². The molecule has 1 amide bonds. The number of anilines is 2. The van der Waals surface area contributed by atoms with Crippen molar-refractivity contribution in [1.29, 1.82) is 0 Å². The monoisotopic (exact) mass is 368 g/mol. The highest BCUT2D eigenvalue weighted by Crippen LogP contribution is 2.25. The van der Waals surface area contributed by atoms with Crippen molar-refractivity contribution < 1.29 is 9.53 Å². The van der Waals surface area contributed by atoms with E-state index in [-0.39, 0.29) is 5.91 Å². The van der Waals surface area contributed by atoms with Crippen LogP contribution in [-0.4, -0.2) is 13.0 Å².